The van der Waals surface area contributed by atoms with E-state index in [2.05, 4.69) is 299 Å². The third kappa shape index (κ3) is 8.23. The van der Waals surface area contributed by atoms with Gasteiger partial charge in [0.2, 0.25) is 5.95 Å². The van der Waals surface area contributed by atoms with Gasteiger partial charge in [-0.05, 0) is 124 Å². The summed E-state index contributed by atoms with van der Waals surface area (Å²) in [6, 6.07) is 90.4. The predicted molar refractivity (Wildman–Crippen MR) is 322 cm³/mol. The summed E-state index contributed by atoms with van der Waals surface area (Å²) in [5, 5.41) is 4.76. The van der Waals surface area contributed by atoms with Gasteiger partial charge in [0.25, 0.3) is 0 Å². The Bertz CT molecular complexity index is 4190. The van der Waals surface area contributed by atoms with Crippen molar-refractivity contribution in [1.29, 1.82) is 0 Å². The molecule has 13 rings (SSSR count). The van der Waals surface area contributed by atoms with E-state index in [-0.39, 0.29) is 10.8 Å². The van der Waals surface area contributed by atoms with Gasteiger partial charge in [-0.1, -0.05) is 199 Å². The predicted octanol–water partition coefficient (Wildman–Crippen LogP) is 19.0. The molecule has 0 spiro atoms. The topological polar surface area (TPSA) is 48.5 Å². The zero-order chi connectivity index (χ0) is 52.5. The van der Waals surface area contributed by atoms with E-state index < -0.39 is 10.0 Å². The highest BCUT2D eigenvalue weighted by Crippen LogP contribution is 2.73. The number of aromatic nitrogens is 5. The molecule has 0 aliphatic carbocycles. The Hall–Kier alpha value is -8.84. The van der Waals surface area contributed by atoms with Crippen molar-refractivity contribution >= 4 is 53.6 Å². The van der Waals surface area contributed by atoms with E-state index in [0.717, 1.165) is 44.4 Å². The van der Waals surface area contributed by atoms with E-state index in [4.69, 9.17) is 15.0 Å². The van der Waals surface area contributed by atoms with Crippen LogP contribution in [0.25, 0.3) is 89.2 Å². The molecule has 0 unspecified atom stereocenters. The highest BCUT2D eigenvalue weighted by molar-refractivity contribution is 8.34. The monoisotopic (exact) mass is 1010 g/mol. The number of hydrogen-bond donors (Lipinski definition) is 0. The molecule has 0 bridgehead atoms. The summed E-state index contributed by atoms with van der Waals surface area (Å²) in [7, 11) is -2.02. The number of fused-ring (bicyclic) bond motifs is 6. The van der Waals surface area contributed by atoms with Crippen molar-refractivity contribution in [3.8, 4) is 45.5 Å². The molecule has 10 aromatic carbocycles. The van der Waals surface area contributed by atoms with E-state index in [9.17, 15) is 0 Å². The van der Waals surface area contributed by atoms with Gasteiger partial charge in [0.1, 0.15) is 0 Å². The van der Waals surface area contributed by atoms with E-state index in [1.54, 1.807) is 0 Å². The molecule has 0 N–H and O–H groups in total. The van der Waals surface area contributed by atoms with Gasteiger partial charge in [0.15, 0.2) is 11.6 Å². The molecule has 0 fully saturated rings. The molecule has 3 aromatic heterocycles. The Kier molecular flexibility index (Phi) is 11.7. The molecular weight excluding hydrogens is 955 g/mol. The molecule has 3 heterocycles. The van der Waals surface area contributed by atoms with E-state index in [1.165, 1.54) is 57.9 Å². The number of hydrogen-bond acceptors (Lipinski definition) is 3. The Labute approximate surface area is 452 Å². The fourth-order valence-corrected chi connectivity index (χ4v) is 15.3. The molecule has 5 nitrogen and oxygen atoms in total. The first-order chi connectivity index (χ1) is 37.4. The van der Waals surface area contributed by atoms with Gasteiger partial charge < -0.3 is 4.57 Å². The van der Waals surface area contributed by atoms with Gasteiger partial charge in [-0.2, -0.15) is 9.97 Å². The minimum Gasteiger partial charge on any atom is -0.309 e. The van der Waals surface area contributed by atoms with E-state index >= 15 is 0 Å². The van der Waals surface area contributed by atoms with Crippen LogP contribution in [0.3, 0.4) is 0 Å². The zero-order valence-electron chi connectivity index (χ0n) is 44.3. The average Bonchev–Trinajstić information content (AvgIpc) is 4.21. The quantitative estimate of drug-likeness (QED) is 0.145. The summed E-state index contributed by atoms with van der Waals surface area (Å²) < 4.78 is 4.75. The van der Waals surface area contributed by atoms with Crippen molar-refractivity contribution in [2.45, 2.75) is 72.0 Å². The Morgan fingerprint density at radius 2 is 0.792 bits per heavy atom. The van der Waals surface area contributed by atoms with Crippen molar-refractivity contribution < 1.29 is 0 Å². The highest BCUT2D eigenvalue weighted by Gasteiger charge is 2.34. The minimum atomic E-state index is -2.02. The maximum atomic E-state index is 5.69. The maximum absolute atomic E-state index is 5.69. The van der Waals surface area contributed by atoms with Crippen molar-refractivity contribution in [2.24, 2.45) is 0 Å². The summed E-state index contributed by atoms with van der Waals surface area (Å²) in [6.07, 6.45) is 0. The second-order valence-corrected chi connectivity index (χ2v) is 25.2. The lowest BCUT2D eigenvalue weighted by atomic mass is 9.79. The lowest BCUT2D eigenvalue weighted by Gasteiger charge is -2.42. The molecule has 0 saturated heterocycles. The Balaban J connectivity index is 1.12. The molecule has 13 aromatic rings. The molecule has 0 aliphatic rings. The average molecular weight is 1010 g/mol. The van der Waals surface area contributed by atoms with Crippen molar-refractivity contribution in [1.82, 2.24) is 24.1 Å². The van der Waals surface area contributed by atoms with Crippen LogP contribution in [0.1, 0.15) is 52.7 Å². The van der Waals surface area contributed by atoms with Crippen LogP contribution in [0.2, 0.25) is 0 Å². The standard InChI is InChI=1S/C71H59N5S/c1-70(2,3)52-45-61-60-47-53(75-63-39-21-19-37-58(63)59-38-20-22-40-64(59)75)41-42-65(60)76(66(61)62(46-52)71(4,5)6)69-73-67(50-28-23-27-49(43-50)48-25-11-7-12-26-48)72-68(74-69)51-29-24-36-57(44-51)77(54-30-13-8-14-31-54,55-32-15-9-16-33-55)56-34-17-10-18-35-56/h7-47H,1-6H3. The maximum Gasteiger partial charge on any atom is 0.238 e. The van der Waals surface area contributed by atoms with E-state index in [0.29, 0.717) is 17.6 Å². The van der Waals surface area contributed by atoms with E-state index in [1.807, 2.05) is 0 Å². The summed E-state index contributed by atoms with van der Waals surface area (Å²) >= 11 is 0. The number of benzene rings is 10. The summed E-state index contributed by atoms with van der Waals surface area (Å²) in [5.74, 6) is 1.76. The van der Waals surface area contributed by atoms with Gasteiger partial charge in [0.05, 0.1) is 22.1 Å². The number of nitrogens with zero attached hydrogens (tertiary/aromatic N) is 5. The lowest BCUT2D eigenvalue weighted by molar-refractivity contribution is 0.572. The largest absolute Gasteiger partial charge is 0.309 e. The molecular formula is C71H59N5S. The summed E-state index contributed by atoms with van der Waals surface area (Å²) in [5.41, 5.74) is 11.7. The number of rotatable bonds is 9. The first kappa shape index (κ1) is 47.8. The van der Waals surface area contributed by atoms with Gasteiger partial charge in [-0.25, -0.2) is 4.98 Å². The van der Waals surface area contributed by atoms with Crippen LogP contribution < -0.4 is 0 Å². The van der Waals surface area contributed by atoms with Gasteiger partial charge in [0, 0.05) is 57.9 Å². The van der Waals surface area contributed by atoms with Crippen LogP contribution in [0.5, 0.6) is 0 Å². The van der Waals surface area contributed by atoms with Crippen LogP contribution >= 0.6 is 10.0 Å². The van der Waals surface area contributed by atoms with Crippen molar-refractivity contribution in [3.05, 3.63) is 260 Å². The first-order valence-electron chi connectivity index (χ1n) is 26.6. The SMILES string of the molecule is CC(C)(C)c1cc(C(C)(C)C)c2c(c1)c1cc(-n3c4ccccc4c4ccccc43)ccc1n2-c1nc(-c2cccc(-c3ccccc3)c2)nc(-c2cccc(S(c3ccccc3)(c3ccccc3)c3ccccc3)c2)n1. The molecule has 374 valence electrons. The third-order valence-electron chi connectivity index (χ3n) is 15.1. The molecule has 77 heavy (non-hydrogen) atoms. The van der Waals surface area contributed by atoms with Crippen LogP contribution in [-0.4, -0.2) is 24.1 Å². The van der Waals surface area contributed by atoms with Gasteiger partial charge >= 0.3 is 0 Å². The van der Waals surface area contributed by atoms with Gasteiger partial charge in [-0.15, -0.1) is 10.0 Å². The Morgan fingerprint density at radius 1 is 0.325 bits per heavy atom. The number of para-hydroxylation sites is 2. The normalized spacial score (nSPS) is 12.5. The zero-order valence-corrected chi connectivity index (χ0v) is 45.1. The fraction of sp³-hybridized carbons (Fsp3) is 0.113. The summed E-state index contributed by atoms with van der Waals surface area (Å²) in [6.45, 7) is 13.9. The van der Waals surface area contributed by atoms with Crippen LogP contribution in [-0.2, 0) is 10.8 Å². The molecule has 0 amide bonds. The molecule has 0 atom stereocenters. The third-order valence-corrected chi connectivity index (χ3v) is 19.0. The van der Waals surface area contributed by atoms with Crippen LogP contribution in [0.15, 0.2) is 268 Å². The molecule has 6 heteroatoms. The fourth-order valence-electron chi connectivity index (χ4n) is 11.4. The Morgan fingerprint density at radius 3 is 1.35 bits per heavy atom. The molecule has 0 radical (unpaired) electrons. The highest BCUT2D eigenvalue weighted by atomic mass is 32.3. The minimum absolute atomic E-state index is 0.119. The second-order valence-electron chi connectivity index (χ2n) is 22.1. The second kappa shape index (κ2) is 18.8. The first-order valence-corrected chi connectivity index (χ1v) is 28.2. The van der Waals surface area contributed by atoms with Gasteiger partial charge in [-0.3, -0.25) is 4.57 Å². The molecule has 0 saturated carbocycles. The van der Waals surface area contributed by atoms with Crippen molar-refractivity contribution in [2.75, 3.05) is 0 Å². The lowest BCUT2D eigenvalue weighted by Crippen LogP contribution is -2.18. The molecule has 0 aliphatic heterocycles. The summed E-state index contributed by atoms with van der Waals surface area (Å²) in [4.78, 5) is 21.7. The smallest absolute Gasteiger partial charge is 0.238 e. The van der Waals surface area contributed by atoms with Crippen molar-refractivity contribution in [3.63, 3.8) is 0 Å². The van der Waals surface area contributed by atoms with Crippen LogP contribution in [0, 0.1) is 0 Å². The van der Waals surface area contributed by atoms with Crippen LogP contribution in [0.4, 0.5) is 0 Å².